The minimum absolute atomic E-state index is 0.0504. The van der Waals surface area contributed by atoms with Crippen LogP contribution in [-0.4, -0.2) is 38.7 Å². The molecule has 4 nitrogen and oxygen atoms in total. The summed E-state index contributed by atoms with van der Waals surface area (Å²) >= 11 is 0. The van der Waals surface area contributed by atoms with E-state index in [0.29, 0.717) is 18.8 Å². The third-order valence-corrected chi connectivity index (χ3v) is 12.5. The van der Waals surface area contributed by atoms with Crippen LogP contribution in [0.25, 0.3) is 0 Å². The van der Waals surface area contributed by atoms with Crippen molar-refractivity contribution in [3.05, 3.63) is 23.8 Å². The summed E-state index contributed by atoms with van der Waals surface area (Å²) in [5.74, 6) is 0.249. The summed E-state index contributed by atoms with van der Waals surface area (Å²) in [5.41, 5.74) is 1.42. The van der Waals surface area contributed by atoms with E-state index in [1.165, 1.54) is 25.5 Å². The zero-order valence-corrected chi connectivity index (χ0v) is 23.3. The predicted molar refractivity (Wildman–Crippen MR) is 140 cm³/mol. The number of hydrogen-bond donors (Lipinski definition) is 1. The lowest BCUT2D eigenvalue weighted by atomic mass is 9.88. The highest BCUT2D eigenvalue weighted by molar-refractivity contribution is 6.74. The molecule has 0 unspecified atom stereocenters. The molecule has 5 atom stereocenters. The van der Waals surface area contributed by atoms with Crippen molar-refractivity contribution in [2.24, 2.45) is 17.8 Å². The Morgan fingerprint density at radius 1 is 1.30 bits per heavy atom. The Kier molecular flexibility index (Phi) is 10.3. The maximum Gasteiger partial charge on any atom is 0.305 e. The molecule has 2 aliphatic carbocycles. The second-order valence-electron chi connectivity index (χ2n) is 11.7. The molecule has 1 saturated carbocycles. The van der Waals surface area contributed by atoms with Crippen LogP contribution in [0.1, 0.15) is 93.3 Å². The molecule has 0 spiro atoms. The fraction of sp³-hybridized carbons (Fsp3) is 0.821. The minimum Gasteiger partial charge on any atom is -0.469 e. The molecule has 0 aromatic rings. The standard InChI is InChI=1S/C28H50O4Si/c1-8-9-10-14-23(32-33(6,7)28(2,3)4)16-17-24-25-19-21(18-22(25)20-26(24)29)13-11-12-15-27(30)31-5/h16-18,22-26,29H,8-15,19-20H2,1-7H3/b17-16+/t22-,23-,24+,25-,26-/m0/s1/i26T. The first-order valence-corrected chi connectivity index (χ1v) is 16.1. The Hall–Kier alpha value is -0.913. The first-order valence-electron chi connectivity index (χ1n) is 13.7. The molecule has 0 heterocycles. The number of aliphatic hydroxyl groups is 1. The van der Waals surface area contributed by atoms with Crippen LogP contribution in [0.5, 0.6) is 0 Å². The molecule has 0 saturated heterocycles. The van der Waals surface area contributed by atoms with E-state index in [1.54, 1.807) is 0 Å². The van der Waals surface area contributed by atoms with Gasteiger partial charge in [-0.1, -0.05) is 70.8 Å². The fourth-order valence-corrected chi connectivity index (χ4v) is 6.24. The van der Waals surface area contributed by atoms with Gasteiger partial charge in [0.05, 0.1) is 20.7 Å². The molecule has 5 heteroatoms. The third-order valence-electron chi connectivity index (χ3n) is 8.02. The molecule has 1 fully saturated rings. The summed E-state index contributed by atoms with van der Waals surface area (Å²) in [7, 11) is -0.477. The van der Waals surface area contributed by atoms with Gasteiger partial charge >= 0.3 is 5.97 Å². The maximum atomic E-state index is 11.3. The Morgan fingerprint density at radius 2 is 2.03 bits per heavy atom. The Bertz CT molecular complexity index is 722. The van der Waals surface area contributed by atoms with Crippen molar-refractivity contribution in [3.8, 4) is 0 Å². The highest BCUT2D eigenvalue weighted by Crippen LogP contribution is 2.48. The van der Waals surface area contributed by atoms with Gasteiger partial charge in [0.1, 0.15) is 0 Å². The van der Waals surface area contributed by atoms with Crippen LogP contribution in [0, 0.1) is 17.8 Å². The zero-order valence-electron chi connectivity index (χ0n) is 23.3. The largest absolute Gasteiger partial charge is 0.469 e. The van der Waals surface area contributed by atoms with Crippen LogP contribution in [0.4, 0.5) is 0 Å². The summed E-state index contributed by atoms with van der Waals surface area (Å²) in [6, 6.07) is 0. The molecule has 0 amide bonds. The molecule has 0 bridgehead atoms. The van der Waals surface area contributed by atoms with Crippen LogP contribution >= 0.6 is 0 Å². The van der Waals surface area contributed by atoms with E-state index in [9.17, 15) is 9.90 Å². The SMILES string of the molecule is [3H][C@]1(O)C[C@@H]2C=C(CCCCC(=O)OC)C[C@@H]2[C@H]1/C=C/[C@H](CCCCC)O[Si](C)(C)C(C)(C)C. The van der Waals surface area contributed by atoms with Crippen molar-refractivity contribution in [1.82, 2.24) is 0 Å². The number of hydrogen-bond acceptors (Lipinski definition) is 4. The molecule has 33 heavy (non-hydrogen) atoms. The summed E-state index contributed by atoms with van der Waals surface area (Å²) in [6.45, 7) is 13.6. The molecule has 190 valence electrons. The van der Waals surface area contributed by atoms with Crippen molar-refractivity contribution >= 4 is 14.3 Å². The molecule has 2 rings (SSSR count). The van der Waals surface area contributed by atoms with Gasteiger partial charge in [0.2, 0.25) is 0 Å². The van der Waals surface area contributed by atoms with Gasteiger partial charge in [-0.3, -0.25) is 4.79 Å². The van der Waals surface area contributed by atoms with E-state index >= 15 is 0 Å². The van der Waals surface area contributed by atoms with Crippen molar-refractivity contribution in [3.63, 3.8) is 0 Å². The third kappa shape index (κ3) is 8.36. The number of carbonyl (C=O) groups excluding carboxylic acids is 1. The van der Waals surface area contributed by atoms with Crippen molar-refractivity contribution in [2.45, 2.75) is 122 Å². The number of esters is 1. The average molecular weight is 481 g/mol. The molecule has 2 aliphatic rings. The van der Waals surface area contributed by atoms with Gasteiger partial charge in [-0.2, -0.15) is 0 Å². The van der Waals surface area contributed by atoms with Crippen LogP contribution < -0.4 is 0 Å². The van der Waals surface area contributed by atoms with Crippen molar-refractivity contribution in [1.29, 1.82) is 0 Å². The second-order valence-corrected chi connectivity index (χ2v) is 16.4. The molecular weight excluding hydrogens is 428 g/mol. The normalized spacial score (nSPS) is 29.2. The van der Waals surface area contributed by atoms with Gasteiger partial charge in [0, 0.05) is 12.3 Å². The van der Waals surface area contributed by atoms with Gasteiger partial charge in [0.25, 0.3) is 0 Å². The quantitative estimate of drug-likeness (QED) is 0.131. The first-order chi connectivity index (χ1) is 15.8. The zero-order chi connectivity index (χ0) is 25.6. The van der Waals surface area contributed by atoms with Crippen molar-refractivity contribution < 1.29 is 20.4 Å². The molecule has 1 N–H and O–H groups in total. The molecular formula is C28H50O4Si. The van der Waals surface area contributed by atoms with E-state index in [0.717, 1.165) is 38.5 Å². The topological polar surface area (TPSA) is 55.8 Å². The maximum absolute atomic E-state index is 11.3. The van der Waals surface area contributed by atoms with E-state index in [-0.39, 0.29) is 28.9 Å². The highest BCUT2D eigenvalue weighted by atomic mass is 28.4. The Morgan fingerprint density at radius 3 is 2.67 bits per heavy atom. The lowest BCUT2D eigenvalue weighted by molar-refractivity contribution is -0.140. The predicted octanol–water partition coefficient (Wildman–Crippen LogP) is 7.19. The summed E-state index contributed by atoms with van der Waals surface area (Å²) in [6.07, 6.45) is 14.5. The number of allylic oxidation sites excluding steroid dienone is 2. The number of unbranched alkanes of at least 4 members (excludes halogenated alkanes) is 3. The van der Waals surface area contributed by atoms with Gasteiger partial charge in [-0.25, -0.2) is 0 Å². The van der Waals surface area contributed by atoms with Crippen LogP contribution in [-0.2, 0) is 14.0 Å². The number of fused-ring (bicyclic) bond motifs is 1. The molecule has 0 aliphatic heterocycles. The van der Waals surface area contributed by atoms with E-state index < -0.39 is 14.4 Å². The summed E-state index contributed by atoms with van der Waals surface area (Å²) < 4.78 is 20.1. The minimum atomic E-state index is -1.91. The molecule has 0 radical (unpaired) electrons. The van der Waals surface area contributed by atoms with E-state index in [4.69, 9.17) is 10.5 Å². The summed E-state index contributed by atoms with van der Waals surface area (Å²) in [4.78, 5) is 11.3. The van der Waals surface area contributed by atoms with Gasteiger partial charge in [-0.15, -0.1) is 0 Å². The first kappa shape index (κ1) is 26.7. The Labute approximate surface area is 205 Å². The molecule has 0 aromatic carbocycles. The lowest BCUT2D eigenvalue weighted by Gasteiger charge is -2.39. The molecule has 0 aromatic heterocycles. The Balaban J connectivity index is 2.04. The highest BCUT2D eigenvalue weighted by Gasteiger charge is 2.43. The monoisotopic (exact) mass is 480 g/mol. The van der Waals surface area contributed by atoms with Crippen LogP contribution in [0.3, 0.4) is 0 Å². The van der Waals surface area contributed by atoms with Crippen LogP contribution in [0.15, 0.2) is 23.8 Å². The lowest BCUT2D eigenvalue weighted by Crippen LogP contribution is -2.43. The number of carbonyl (C=O) groups is 1. The van der Waals surface area contributed by atoms with E-state index in [2.05, 4.69) is 59.0 Å². The number of methoxy groups -OCH3 is 1. The van der Waals surface area contributed by atoms with Gasteiger partial charge < -0.3 is 14.3 Å². The second kappa shape index (κ2) is 12.7. The van der Waals surface area contributed by atoms with E-state index in [1.807, 2.05) is 0 Å². The number of ether oxygens (including phenoxy) is 1. The van der Waals surface area contributed by atoms with Crippen LogP contribution in [0.2, 0.25) is 18.1 Å². The van der Waals surface area contributed by atoms with Crippen molar-refractivity contribution in [2.75, 3.05) is 7.11 Å². The van der Waals surface area contributed by atoms with Gasteiger partial charge in [-0.05, 0) is 68.5 Å². The number of rotatable bonds is 13. The fourth-order valence-electron chi connectivity index (χ4n) is 4.93. The average Bonchev–Trinajstić information content (AvgIpc) is 3.21. The van der Waals surface area contributed by atoms with Gasteiger partial charge in [0.15, 0.2) is 8.32 Å². The smallest absolute Gasteiger partial charge is 0.305 e. The summed E-state index contributed by atoms with van der Waals surface area (Å²) in [5, 5.41) is 11.1.